The van der Waals surface area contributed by atoms with Crippen LogP contribution in [-0.2, 0) is 4.79 Å². The van der Waals surface area contributed by atoms with E-state index in [0.717, 1.165) is 27.9 Å². The zero-order valence-electron chi connectivity index (χ0n) is 18.3. The van der Waals surface area contributed by atoms with Gasteiger partial charge in [-0.15, -0.1) is 5.10 Å². The van der Waals surface area contributed by atoms with Crippen LogP contribution in [0.2, 0.25) is 0 Å². The lowest BCUT2D eigenvalue weighted by atomic mass is 9.98. The summed E-state index contributed by atoms with van der Waals surface area (Å²) in [5, 5.41) is 15.6. The first-order valence-electron chi connectivity index (χ1n) is 10.5. The molecule has 0 saturated heterocycles. The molecule has 32 heavy (non-hydrogen) atoms. The normalized spacial score (nSPS) is 12.0. The highest BCUT2D eigenvalue weighted by Crippen LogP contribution is 2.27. The van der Waals surface area contributed by atoms with Crippen LogP contribution < -0.4 is 5.32 Å². The van der Waals surface area contributed by atoms with E-state index >= 15 is 0 Å². The van der Waals surface area contributed by atoms with Gasteiger partial charge in [0, 0.05) is 0 Å². The fourth-order valence-corrected chi connectivity index (χ4v) is 4.28. The van der Waals surface area contributed by atoms with Gasteiger partial charge in [0.05, 0.1) is 17.0 Å². The summed E-state index contributed by atoms with van der Waals surface area (Å²) >= 11 is 1.34. The van der Waals surface area contributed by atoms with Crippen LogP contribution in [0, 0.1) is 13.8 Å². The molecule has 4 aromatic rings. The Morgan fingerprint density at radius 1 is 0.938 bits per heavy atom. The Kier molecular flexibility index (Phi) is 6.66. The number of carbonyl (C=O) groups excluding carboxylic acids is 1. The number of aryl methyl sites for hydroxylation is 2. The second-order valence-electron chi connectivity index (χ2n) is 7.69. The number of aromatic nitrogens is 4. The van der Waals surface area contributed by atoms with Gasteiger partial charge in [0.25, 0.3) is 0 Å². The molecule has 6 nitrogen and oxygen atoms in total. The summed E-state index contributed by atoms with van der Waals surface area (Å²) in [6, 6.07) is 25.9. The monoisotopic (exact) mass is 443 g/mol. The molecule has 7 heteroatoms. The lowest BCUT2D eigenvalue weighted by Gasteiger charge is -2.22. The minimum absolute atomic E-state index is 0.0804. The molecule has 0 radical (unpaired) electrons. The van der Waals surface area contributed by atoms with Crippen molar-refractivity contribution < 1.29 is 4.79 Å². The molecule has 1 atom stereocenters. The van der Waals surface area contributed by atoms with Gasteiger partial charge >= 0.3 is 0 Å². The minimum atomic E-state index is -0.389. The summed E-state index contributed by atoms with van der Waals surface area (Å²) in [5.41, 5.74) is 5.16. The van der Waals surface area contributed by atoms with Gasteiger partial charge in [-0.3, -0.25) is 4.79 Å². The van der Waals surface area contributed by atoms with E-state index in [1.165, 1.54) is 11.8 Å². The summed E-state index contributed by atoms with van der Waals surface area (Å²) in [6.07, 6.45) is 0. The molecular weight excluding hydrogens is 418 g/mol. The van der Waals surface area contributed by atoms with Crippen molar-refractivity contribution in [3.63, 3.8) is 0 Å². The fourth-order valence-electron chi connectivity index (χ4n) is 3.47. The molecule has 162 valence electrons. The Balaban J connectivity index is 1.54. The van der Waals surface area contributed by atoms with E-state index in [1.54, 1.807) is 4.68 Å². The number of hydrogen-bond donors (Lipinski definition) is 1. The van der Waals surface area contributed by atoms with Gasteiger partial charge in [-0.1, -0.05) is 84.6 Å². The summed E-state index contributed by atoms with van der Waals surface area (Å²) < 4.78 is 1.70. The lowest BCUT2D eigenvalue weighted by molar-refractivity contribution is -0.120. The number of carbonyl (C=O) groups is 1. The number of benzene rings is 3. The van der Waals surface area contributed by atoms with Gasteiger partial charge in [0.15, 0.2) is 0 Å². The van der Waals surface area contributed by atoms with E-state index in [9.17, 15) is 4.79 Å². The fraction of sp³-hybridized carbons (Fsp3) is 0.200. The molecular formula is C25H25N5OS. The van der Waals surface area contributed by atoms with Crippen molar-refractivity contribution in [2.45, 2.75) is 37.2 Å². The molecule has 1 unspecified atom stereocenters. The van der Waals surface area contributed by atoms with E-state index in [0.29, 0.717) is 5.16 Å². The number of thioether (sulfide) groups is 1. The van der Waals surface area contributed by atoms with Crippen molar-refractivity contribution in [3.8, 4) is 5.69 Å². The maximum atomic E-state index is 13.2. The zero-order valence-corrected chi connectivity index (χ0v) is 19.1. The highest BCUT2D eigenvalue weighted by molar-refractivity contribution is 8.00. The van der Waals surface area contributed by atoms with Crippen molar-refractivity contribution in [2.75, 3.05) is 0 Å². The van der Waals surface area contributed by atoms with E-state index in [2.05, 4.69) is 26.9 Å². The van der Waals surface area contributed by atoms with Crippen LogP contribution >= 0.6 is 11.8 Å². The van der Waals surface area contributed by atoms with Crippen LogP contribution in [0.4, 0.5) is 0 Å². The molecule has 0 aliphatic carbocycles. The van der Waals surface area contributed by atoms with Gasteiger partial charge in [-0.25, -0.2) is 0 Å². The number of tetrazole rings is 1. The third-order valence-corrected chi connectivity index (χ3v) is 6.27. The molecule has 1 N–H and O–H groups in total. The van der Waals surface area contributed by atoms with Crippen LogP contribution in [0.25, 0.3) is 5.69 Å². The summed E-state index contributed by atoms with van der Waals surface area (Å²) in [4.78, 5) is 13.2. The molecule has 3 aromatic carbocycles. The number of rotatable bonds is 7. The Hall–Kier alpha value is -3.45. The molecule has 0 fully saturated rings. The molecule has 1 amide bonds. The molecule has 0 aliphatic heterocycles. The highest BCUT2D eigenvalue weighted by Gasteiger charge is 2.23. The second kappa shape index (κ2) is 9.78. The van der Waals surface area contributed by atoms with Crippen LogP contribution in [0.3, 0.4) is 0 Å². The van der Waals surface area contributed by atoms with Crippen LogP contribution in [0.1, 0.15) is 35.2 Å². The van der Waals surface area contributed by atoms with Crippen LogP contribution in [0.5, 0.6) is 0 Å². The Morgan fingerprint density at radius 2 is 1.56 bits per heavy atom. The SMILES string of the molecule is Cc1ccc(C)c(-n2nnnc2SC(C)C(=O)NC(c2ccccc2)c2ccccc2)c1. The van der Waals surface area contributed by atoms with Gasteiger partial charge in [0.1, 0.15) is 0 Å². The van der Waals surface area contributed by atoms with Crippen molar-refractivity contribution in [2.24, 2.45) is 0 Å². The first-order chi connectivity index (χ1) is 15.5. The van der Waals surface area contributed by atoms with E-state index in [4.69, 9.17) is 0 Å². The molecule has 1 aromatic heterocycles. The highest BCUT2D eigenvalue weighted by atomic mass is 32.2. The van der Waals surface area contributed by atoms with E-state index < -0.39 is 0 Å². The Bertz CT molecular complexity index is 1150. The van der Waals surface area contributed by atoms with Gasteiger partial charge in [-0.2, -0.15) is 4.68 Å². The van der Waals surface area contributed by atoms with Gasteiger partial charge < -0.3 is 5.32 Å². The first-order valence-corrected chi connectivity index (χ1v) is 11.3. The third kappa shape index (κ3) is 4.89. The predicted octanol–water partition coefficient (Wildman–Crippen LogP) is 4.67. The first kappa shape index (κ1) is 21.8. The molecule has 0 spiro atoms. The predicted molar refractivity (Wildman–Crippen MR) is 127 cm³/mol. The third-order valence-electron chi connectivity index (χ3n) is 5.24. The average molecular weight is 444 g/mol. The summed E-state index contributed by atoms with van der Waals surface area (Å²) in [6.45, 7) is 5.92. The largest absolute Gasteiger partial charge is 0.344 e. The van der Waals surface area contributed by atoms with Crippen molar-refractivity contribution in [3.05, 3.63) is 101 Å². The Labute approximate surface area is 192 Å². The molecule has 0 saturated carbocycles. The Morgan fingerprint density at radius 3 is 2.19 bits per heavy atom. The molecule has 0 bridgehead atoms. The summed E-state index contributed by atoms with van der Waals surface area (Å²) in [5.74, 6) is -0.0804. The van der Waals surface area contributed by atoms with Gasteiger partial charge in [-0.05, 0) is 59.5 Å². The number of hydrogen-bond acceptors (Lipinski definition) is 5. The quantitative estimate of drug-likeness (QED) is 0.421. The smallest absolute Gasteiger partial charge is 0.234 e. The topological polar surface area (TPSA) is 72.7 Å². The molecule has 1 heterocycles. The van der Waals surface area contributed by atoms with E-state index in [1.807, 2.05) is 93.6 Å². The summed E-state index contributed by atoms with van der Waals surface area (Å²) in [7, 11) is 0. The minimum Gasteiger partial charge on any atom is -0.344 e. The van der Waals surface area contributed by atoms with Crippen LogP contribution in [-0.4, -0.2) is 31.4 Å². The maximum Gasteiger partial charge on any atom is 0.234 e. The standard InChI is InChI=1S/C25H25N5OS/c1-17-14-15-18(2)22(16-17)30-25(27-28-29-30)32-19(3)24(31)26-23(20-10-6-4-7-11-20)21-12-8-5-9-13-21/h4-16,19,23H,1-3H3,(H,26,31). The van der Waals surface area contributed by atoms with Crippen molar-refractivity contribution >= 4 is 17.7 Å². The maximum absolute atomic E-state index is 13.2. The number of amides is 1. The second-order valence-corrected chi connectivity index (χ2v) is 8.99. The molecule has 0 aliphatic rings. The average Bonchev–Trinajstić information content (AvgIpc) is 3.27. The molecule has 4 rings (SSSR count). The van der Waals surface area contributed by atoms with Gasteiger partial charge in [0.2, 0.25) is 11.1 Å². The number of nitrogens with zero attached hydrogens (tertiary/aromatic N) is 4. The number of nitrogens with one attached hydrogen (secondary N) is 1. The van der Waals surface area contributed by atoms with Crippen LogP contribution in [0.15, 0.2) is 84.0 Å². The van der Waals surface area contributed by atoms with Crippen molar-refractivity contribution in [1.29, 1.82) is 0 Å². The lowest BCUT2D eigenvalue weighted by Crippen LogP contribution is -2.35. The van der Waals surface area contributed by atoms with Crippen molar-refractivity contribution in [1.82, 2.24) is 25.5 Å². The van der Waals surface area contributed by atoms with E-state index in [-0.39, 0.29) is 17.2 Å². The zero-order chi connectivity index (χ0) is 22.5.